The molecule has 33 heavy (non-hydrogen) atoms. The van der Waals surface area contributed by atoms with Gasteiger partial charge in [-0.25, -0.2) is 4.79 Å². The molecule has 0 radical (unpaired) electrons. The largest absolute Gasteiger partial charge is 0.480 e. The number of aliphatic hydroxyl groups is 1. The highest BCUT2D eigenvalue weighted by Gasteiger charge is 2.39. The van der Waals surface area contributed by atoms with Crippen molar-refractivity contribution in [2.45, 2.75) is 49.9 Å². The second kappa shape index (κ2) is 11.9. The van der Waals surface area contributed by atoms with E-state index in [1.807, 2.05) is 0 Å². The van der Waals surface area contributed by atoms with Crippen LogP contribution in [0.5, 0.6) is 0 Å². The Morgan fingerprint density at radius 3 is 2.33 bits per heavy atom. The fourth-order valence-electron chi connectivity index (χ4n) is 3.58. The number of nitrogens with two attached hydrogens (primary N) is 2. The van der Waals surface area contributed by atoms with E-state index in [2.05, 4.69) is 10.6 Å². The smallest absolute Gasteiger partial charge is 0.326 e. The van der Waals surface area contributed by atoms with Gasteiger partial charge in [-0.15, -0.1) is 0 Å². The van der Waals surface area contributed by atoms with Crippen LogP contribution in [0, 0.1) is 0 Å². The second-order valence-corrected chi connectivity index (χ2v) is 7.80. The van der Waals surface area contributed by atoms with Crippen LogP contribution in [-0.2, 0) is 30.4 Å². The number of aliphatic hydroxyl groups excluding tert-OH is 1. The SMILES string of the molecule is NC(=O)CC(NC(=O)C1CCCN1C(=O)C(Cc1ccccc1)NC(=O)C(N)CO)C(=O)O. The molecular formula is C21H29N5O7. The van der Waals surface area contributed by atoms with Crippen LogP contribution in [0.1, 0.15) is 24.8 Å². The molecule has 12 nitrogen and oxygen atoms in total. The Bertz CT molecular complexity index is 879. The molecular weight excluding hydrogens is 434 g/mol. The van der Waals surface area contributed by atoms with Crippen LogP contribution in [0.3, 0.4) is 0 Å². The number of hydrogen-bond acceptors (Lipinski definition) is 7. The van der Waals surface area contributed by atoms with Crippen LogP contribution in [0.15, 0.2) is 30.3 Å². The molecule has 1 aromatic rings. The monoisotopic (exact) mass is 463 g/mol. The lowest BCUT2D eigenvalue weighted by molar-refractivity contribution is -0.145. The fourth-order valence-corrected chi connectivity index (χ4v) is 3.58. The van der Waals surface area contributed by atoms with Crippen LogP contribution in [0.25, 0.3) is 0 Å². The minimum atomic E-state index is -1.52. The normalized spacial score (nSPS) is 18.1. The average Bonchev–Trinajstić information content (AvgIpc) is 3.27. The highest BCUT2D eigenvalue weighted by Crippen LogP contribution is 2.20. The number of likely N-dealkylation sites (tertiary alicyclic amines) is 1. The van der Waals surface area contributed by atoms with Gasteiger partial charge in [0, 0.05) is 13.0 Å². The first-order chi connectivity index (χ1) is 15.6. The molecule has 0 saturated carbocycles. The summed E-state index contributed by atoms with van der Waals surface area (Å²) in [6.07, 6.45) is 0.295. The minimum Gasteiger partial charge on any atom is -0.480 e. The van der Waals surface area contributed by atoms with E-state index in [0.29, 0.717) is 6.42 Å². The van der Waals surface area contributed by atoms with Gasteiger partial charge >= 0.3 is 5.97 Å². The van der Waals surface area contributed by atoms with Gasteiger partial charge in [0.25, 0.3) is 0 Å². The van der Waals surface area contributed by atoms with Gasteiger partial charge in [-0.05, 0) is 18.4 Å². The lowest BCUT2D eigenvalue weighted by Crippen LogP contribution is -2.57. The van der Waals surface area contributed by atoms with Crippen LogP contribution < -0.4 is 22.1 Å². The number of rotatable bonds is 11. The molecule has 1 heterocycles. The van der Waals surface area contributed by atoms with E-state index in [0.717, 1.165) is 5.56 Å². The lowest BCUT2D eigenvalue weighted by Gasteiger charge is -2.30. The predicted octanol–water partition coefficient (Wildman–Crippen LogP) is -2.53. The van der Waals surface area contributed by atoms with Gasteiger partial charge in [-0.3, -0.25) is 19.2 Å². The van der Waals surface area contributed by atoms with E-state index in [-0.39, 0.29) is 19.4 Å². The van der Waals surface area contributed by atoms with Gasteiger partial charge in [-0.2, -0.15) is 0 Å². The van der Waals surface area contributed by atoms with E-state index in [1.165, 1.54) is 4.90 Å². The Morgan fingerprint density at radius 2 is 1.76 bits per heavy atom. The summed E-state index contributed by atoms with van der Waals surface area (Å²) < 4.78 is 0. The summed E-state index contributed by atoms with van der Waals surface area (Å²) in [6, 6.07) is 4.10. The van der Waals surface area contributed by atoms with Crippen molar-refractivity contribution in [2.75, 3.05) is 13.2 Å². The third kappa shape index (κ3) is 7.26. The van der Waals surface area contributed by atoms with E-state index in [9.17, 15) is 29.1 Å². The second-order valence-electron chi connectivity index (χ2n) is 7.80. The summed E-state index contributed by atoms with van der Waals surface area (Å²) in [7, 11) is 0. The van der Waals surface area contributed by atoms with Gasteiger partial charge in [0.2, 0.25) is 23.6 Å². The van der Waals surface area contributed by atoms with Crippen molar-refractivity contribution >= 4 is 29.6 Å². The molecule has 4 amide bonds. The molecule has 12 heteroatoms. The third-order valence-electron chi connectivity index (χ3n) is 5.29. The van der Waals surface area contributed by atoms with Crippen molar-refractivity contribution in [2.24, 2.45) is 11.5 Å². The van der Waals surface area contributed by atoms with Crippen LogP contribution in [0.2, 0.25) is 0 Å². The Kier molecular flexibility index (Phi) is 9.30. The van der Waals surface area contributed by atoms with Crippen molar-refractivity contribution in [3.05, 3.63) is 35.9 Å². The number of primary amides is 1. The molecule has 1 aliphatic heterocycles. The quantitative estimate of drug-likeness (QED) is 0.206. The highest BCUT2D eigenvalue weighted by atomic mass is 16.4. The van der Waals surface area contributed by atoms with Crippen LogP contribution in [0.4, 0.5) is 0 Å². The highest BCUT2D eigenvalue weighted by molar-refractivity contribution is 5.95. The van der Waals surface area contributed by atoms with Gasteiger partial charge in [0.05, 0.1) is 13.0 Å². The fraction of sp³-hybridized carbons (Fsp3) is 0.476. The molecule has 1 fully saturated rings. The van der Waals surface area contributed by atoms with Gasteiger partial charge in [-0.1, -0.05) is 30.3 Å². The van der Waals surface area contributed by atoms with Gasteiger partial charge < -0.3 is 37.2 Å². The summed E-state index contributed by atoms with van der Waals surface area (Å²) in [5.74, 6) is -4.32. The number of nitrogens with one attached hydrogen (secondary N) is 2. The molecule has 4 atom stereocenters. The molecule has 1 aromatic carbocycles. The van der Waals surface area contributed by atoms with Crippen LogP contribution >= 0.6 is 0 Å². The number of amides is 4. The molecule has 4 unspecified atom stereocenters. The zero-order valence-electron chi connectivity index (χ0n) is 18.0. The average molecular weight is 463 g/mol. The summed E-state index contributed by atoms with van der Waals surface area (Å²) in [4.78, 5) is 62.1. The molecule has 0 bridgehead atoms. The standard InChI is InChI=1S/C21H29N5O7/c22-13(11-27)18(29)24-14(9-12-5-2-1-3-6-12)20(31)26-8-4-7-16(26)19(30)25-15(21(32)33)10-17(23)28/h1-3,5-6,13-16,27H,4,7-11,22H2,(H2,23,28)(H,24,29)(H,25,30)(H,32,33). The van der Waals surface area contributed by atoms with Crippen molar-refractivity contribution in [1.29, 1.82) is 0 Å². The Labute approximate surface area is 190 Å². The number of hydrogen-bond donors (Lipinski definition) is 6. The molecule has 0 aliphatic carbocycles. The maximum atomic E-state index is 13.3. The number of carbonyl (C=O) groups excluding carboxylic acids is 4. The molecule has 2 rings (SSSR count). The van der Waals surface area contributed by atoms with E-state index < -0.39 is 66.8 Å². The molecule has 0 aromatic heterocycles. The molecule has 0 spiro atoms. The Hall–Kier alpha value is -3.51. The van der Waals surface area contributed by atoms with Crippen molar-refractivity contribution < 1.29 is 34.2 Å². The molecule has 8 N–H and O–H groups in total. The molecule has 1 saturated heterocycles. The number of carboxylic acid groups (broad SMARTS) is 1. The summed E-state index contributed by atoms with van der Waals surface area (Å²) in [5.41, 5.74) is 11.4. The summed E-state index contributed by atoms with van der Waals surface area (Å²) in [6.45, 7) is -0.388. The van der Waals surface area contributed by atoms with Crippen molar-refractivity contribution in [3.8, 4) is 0 Å². The van der Waals surface area contributed by atoms with E-state index >= 15 is 0 Å². The van der Waals surface area contributed by atoms with Crippen molar-refractivity contribution in [1.82, 2.24) is 15.5 Å². The minimum absolute atomic E-state index is 0.119. The van der Waals surface area contributed by atoms with E-state index in [1.54, 1.807) is 30.3 Å². The number of carboxylic acids is 1. The number of carbonyl (C=O) groups is 5. The Balaban J connectivity index is 2.20. The predicted molar refractivity (Wildman–Crippen MR) is 115 cm³/mol. The van der Waals surface area contributed by atoms with Crippen LogP contribution in [-0.4, -0.2) is 82.0 Å². The number of nitrogens with zero attached hydrogens (tertiary/aromatic N) is 1. The maximum Gasteiger partial charge on any atom is 0.326 e. The number of aliphatic carboxylic acids is 1. The molecule has 1 aliphatic rings. The number of benzene rings is 1. The molecule has 180 valence electrons. The maximum absolute atomic E-state index is 13.3. The summed E-state index contributed by atoms with van der Waals surface area (Å²) >= 11 is 0. The van der Waals surface area contributed by atoms with E-state index in [4.69, 9.17) is 16.6 Å². The first-order valence-corrected chi connectivity index (χ1v) is 10.5. The van der Waals surface area contributed by atoms with Crippen molar-refractivity contribution in [3.63, 3.8) is 0 Å². The van der Waals surface area contributed by atoms with Gasteiger partial charge in [0.15, 0.2) is 0 Å². The van der Waals surface area contributed by atoms with Gasteiger partial charge in [0.1, 0.15) is 24.2 Å². The third-order valence-corrected chi connectivity index (χ3v) is 5.29. The summed E-state index contributed by atoms with van der Waals surface area (Å²) in [5, 5.41) is 23.2. The zero-order valence-corrected chi connectivity index (χ0v) is 18.0. The first kappa shape index (κ1) is 25.7. The lowest BCUT2D eigenvalue weighted by atomic mass is 10.0. The first-order valence-electron chi connectivity index (χ1n) is 10.5. The topological polar surface area (TPSA) is 205 Å². The zero-order chi connectivity index (χ0) is 24.5. The Morgan fingerprint density at radius 1 is 1.09 bits per heavy atom.